The minimum atomic E-state index is -0.224. The van der Waals surface area contributed by atoms with Gasteiger partial charge in [0, 0.05) is 19.2 Å². The number of carbonyl (C=O) groups excluding carboxylic acids is 1. The largest absolute Gasteiger partial charge is 0.370 e. The molecule has 0 aromatic carbocycles. The van der Waals surface area contributed by atoms with Gasteiger partial charge < -0.3 is 15.5 Å². The first-order valence-electron chi connectivity index (χ1n) is 6.60. The van der Waals surface area contributed by atoms with Gasteiger partial charge in [-0.2, -0.15) is 0 Å². The molecule has 102 valence electrons. The van der Waals surface area contributed by atoms with E-state index in [1.807, 2.05) is 31.3 Å². The number of pyridine rings is 1. The molecular weight excluding hydrogens is 240 g/mol. The van der Waals surface area contributed by atoms with Crippen LogP contribution in [0.25, 0.3) is 5.65 Å². The number of aromatic nitrogens is 2. The molecule has 0 unspecified atom stereocenters. The molecule has 0 spiro atoms. The molecule has 3 N–H and O–H groups in total. The summed E-state index contributed by atoms with van der Waals surface area (Å²) in [7, 11) is 0. The molecule has 5 heteroatoms. The van der Waals surface area contributed by atoms with Gasteiger partial charge in [-0.3, -0.25) is 4.79 Å². The smallest absolute Gasteiger partial charge is 0.217 e. The van der Waals surface area contributed by atoms with E-state index in [1.54, 1.807) is 0 Å². The molecule has 0 bridgehead atoms. The first-order chi connectivity index (χ1) is 9.18. The maximum absolute atomic E-state index is 10.6. The fraction of sp³-hybridized carbons (Fsp3) is 0.429. The lowest BCUT2D eigenvalue weighted by Crippen LogP contribution is -2.17. The van der Waals surface area contributed by atoms with Gasteiger partial charge in [0.15, 0.2) is 0 Å². The highest BCUT2D eigenvalue weighted by Crippen LogP contribution is 2.11. The molecule has 19 heavy (non-hydrogen) atoms. The highest BCUT2D eigenvalue weighted by molar-refractivity contribution is 5.73. The summed E-state index contributed by atoms with van der Waals surface area (Å²) in [6, 6.07) is 6.00. The molecule has 0 radical (unpaired) electrons. The third-order valence-corrected chi connectivity index (χ3v) is 3.15. The van der Waals surface area contributed by atoms with E-state index in [2.05, 4.69) is 14.7 Å². The number of hydrogen-bond acceptors (Lipinski definition) is 3. The Balaban J connectivity index is 1.84. The Kier molecular flexibility index (Phi) is 4.52. The first kappa shape index (κ1) is 13.5. The minimum Gasteiger partial charge on any atom is -0.370 e. The molecule has 0 fully saturated rings. The van der Waals surface area contributed by atoms with Crippen molar-refractivity contribution in [2.24, 2.45) is 5.73 Å². The van der Waals surface area contributed by atoms with Crippen LogP contribution in [-0.2, 0) is 11.3 Å². The van der Waals surface area contributed by atoms with Gasteiger partial charge >= 0.3 is 0 Å². The topological polar surface area (TPSA) is 72.4 Å². The van der Waals surface area contributed by atoms with Crippen LogP contribution < -0.4 is 11.1 Å². The zero-order valence-electron chi connectivity index (χ0n) is 11.2. The number of imidazole rings is 1. The number of nitrogens with two attached hydrogens (primary N) is 1. The van der Waals surface area contributed by atoms with Crippen LogP contribution in [0.15, 0.2) is 24.4 Å². The van der Waals surface area contributed by atoms with Gasteiger partial charge in [0.25, 0.3) is 0 Å². The van der Waals surface area contributed by atoms with Crippen molar-refractivity contribution in [3.63, 3.8) is 0 Å². The van der Waals surface area contributed by atoms with E-state index in [9.17, 15) is 4.79 Å². The summed E-state index contributed by atoms with van der Waals surface area (Å²) in [5.74, 6) is -0.224. The second kappa shape index (κ2) is 6.33. The number of aryl methyl sites for hydroxylation is 1. The molecule has 2 heterocycles. The third-order valence-electron chi connectivity index (χ3n) is 3.15. The van der Waals surface area contributed by atoms with Crippen molar-refractivity contribution in [3.05, 3.63) is 35.8 Å². The molecule has 0 aliphatic carbocycles. The van der Waals surface area contributed by atoms with Crippen molar-refractivity contribution in [1.82, 2.24) is 14.7 Å². The number of nitrogens with zero attached hydrogens (tertiary/aromatic N) is 2. The fourth-order valence-electron chi connectivity index (χ4n) is 2.13. The number of nitrogens with one attached hydrogen (secondary N) is 1. The number of rotatable bonds is 7. The molecule has 0 aliphatic heterocycles. The molecule has 0 atom stereocenters. The second-order valence-corrected chi connectivity index (χ2v) is 4.67. The molecule has 2 rings (SSSR count). The van der Waals surface area contributed by atoms with Gasteiger partial charge in [-0.05, 0) is 38.4 Å². The van der Waals surface area contributed by atoms with Gasteiger partial charge in [-0.15, -0.1) is 0 Å². The normalized spacial score (nSPS) is 11.0. The van der Waals surface area contributed by atoms with Crippen LogP contribution >= 0.6 is 0 Å². The van der Waals surface area contributed by atoms with Crippen LogP contribution in [0.1, 0.15) is 30.7 Å². The van der Waals surface area contributed by atoms with E-state index < -0.39 is 0 Å². The standard InChI is InChI=1S/C14H20N4O/c1-11-12(10-16-8-4-2-6-13(15)19)18-9-5-3-7-14(18)17-11/h3,5,7,9,16H,2,4,6,8,10H2,1H3,(H2,15,19). The molecule has 5 nitrogen and oxygen atoms in total. The van der Waals surface area contributed by atoms with Crippen LogP contribution in [0.3, 0.4) is 0 Å². The monoisotopic (exact) mass is 260 g/mol. The van der Waals surface area contributed by atoms with E-state index in [-0.39, 0.29) is 5.91 Å². The summed E-state index contributed by atoms with van der Waals surface area (Å²) in [6.45, 7) is 3.69. The molecular formula is C14H20N4O. The van der Waals surface area contributed by atoms with Crippen LogP contribution in [-0.4, -0.2) is 21.8 Å². The predicted molar refractivity (Wildman–Crippen MR) is 74.7 cm³/mol. The van der Waals surface area contributed by atoms with Crippen LogP contribution in [0.2, 0.25) is 0 Å². The molecule has 0 aliphatic rings. The maximum atomic E-state index is 10.6. The lowest BCUT2D eigenvalue weighted by atomic mass is 10.2. The van der Waals surface area contributed by atoms with Gasteiger partial charge in [0.1, 0.15) is 5.65 Å². The Morgan fingerprint density at radius 3 is 3.05 bits per heavy atom. The van der Waals surface area contributed by atoms with Gasteiger partial charge in [0.2, 0.25) is 5.91 Å². The summed E-state index contributed by atoms with van der Waals surface area (Å²) < 4.78 is 2.10. The minimum absolute atomic E-state index is 0.224. The van der Waals surface area contributed by atoms with E-state index in [0.29, 0.717) is 6.42 Å². The van der Waals surface area contributed by atoms with Gasteiger partial charge in [0.05, 0.1) is 11.4 Å². The molecule has 0 saturated carbocycles. The lowest BCUT2D eigenvalue weighted by Gasteiger charge is -2.05. The molecule has 2 aromatic rings. The SMILES string of the molecule is Cc1nc2ccccn2c1CNCCCCC(N)=O. The highest BCUT2D eigenvalue weighted by Gasteiger charge is 2.06. The molecule has 0 saturated heterocycles. The predicted octanol–water partition coefficient (Wildman–Crippen LogP) is 1.39. The number of primary amides is 1. The quantitative estimate of drug-likeness (QED) is 0.739. The zero-order valence-corrected chi connectivity index (χ0v) is 11.2. The summed E-state index contributed by atoms with van der Waals surface area (Å²) >= 11 is 0. The first-order valence-corrected chi connectivity index (χ1v) is 6.60. The zero-order chi connectivity index (χ0) is 13.7. The third kappa shape index (κ3) is 3.54. The van der Waals surface area contributed by atoms with Gasteiger partial charge in [-0.25, -0.2) is 4.98 Å². The Labute approximate surface area is 112 Å². The maximum Gasteiger partial charge on any atom is 0.217 e. The van der Waals surface area contributed by atoms with Crippen molar-refractivity contribution < 1.29 is 4.79 Å². The Morgan fingerprint density at radius 1 is 1.42 bits per heavy atom. The average molecular weight is 260 g/mol. The van der Waals surface area contributed by atoms with Crippen molar-refractivity contribution in [2.75, 3.05) is 6.54 Å². The van der Waals surface area contributed by atoms with E-state index in [1.165, 1.54) is 5.69 Å². The van der Waals surface area contributed by atoms with E-state index in [0.717, 1.165) is 37.3 Å². The number of amides is 1. The number of carbonyl (C=O) groups is 1. The Hall–Kier alpha value is -1.88. The van der Waals surface area contributed by atoms with Crippen molar-refractivity contribution >= 4 is 11.6 Å². The summed E-state index contributed by atoms with van der Waals surface area (Å²) in [5.41, 5.74) is 8.31. The molecule has 2 aromatic heterocycles. The van der Waals surface area contributed by atoms with Crippen molar-refractivity contribution in [2.45, 2.75) is 32.7 Å². The van der Waals surface area contributed by atoms with Crippen molar-refractivity contribution in [3.8, 4) is 0 Å². The average Bonchev–Trinajstić information content (AvgIpc) is 2.69. The van der Waals surface area contributed by atoms with Crippen molar-refractivity contribution in [1.29, 1.82) is 0 Å². The summed E-state index contributed by atoms with van der Waals surface area (Å²) in [4.78, 5) is 15.1. The van der Waals surface area contributed by atoms with Crippen LogP contribution in [0.5, 0.6) is 0 Å². The lowest BCUT2D eigenvalue weighted by molar-refractivity contribution is -0.118. The summed E-state index contributed by atoms with van der Waals surface area (Å²) in [5, 5.41) is 3.38. The number of hydrogen-bond donors (Lipinski definition) is 2. The van der Waals surface area contributed by atoms with E-state index >= 15 is 0 Å². The number of unbranched alkanes of at least 4 members (excludes halogenated alkanes) is 1. The van der Waals surface area contributed by atoms with Gasteiger partial charge in [-0.1, -0.05) is 6.07 Å². The number of fused-ring (bicyclic) bond motifs is 1. The Morgan fingerprint density at radius 2 is 2.26 bits per heavy atom. The van der Waals surface area contributed by atoms with E-state index in [4.69, 9.17) is 5.73 Å². The van der Waals surface area contributed by atoms with Crippen LogP contribution in [0.4, 0.5) is 0 Å². The summed E-state index contributed by atoms with van der Waals surface area (Å²) in [6.07, 6.45) is 4.29. The highest BCUT2D eigenvalue weighted by atomic mass is 16.1. The molecule has 1 amide bonds. The second-order valence-electron chi connectivity index (χ2n) is 4.67. The van der Waals surface area contributed by atoms with Crippen LogP contribution in [0, 0.1) is 6.92 Å². The fourth-order valence-corrected chi connectivity index (χ4v) is 2.13. The Bertz CT molecular complexity index is 562.